The Morgan fingerprint density at radius 2 is 1.81 bits per heavy atom. The third-order valence-corrected chi connectivity index (χ3v) is 4.19. The van der Waals surface area contributed by atoms with E-state index in [-0.39, 0.29) is 22.5 Å². The van der Waals surface area contributed by atoms with Crippen molar-refractivity contribution in [2.45, 2.75) is 18.6 Å². The monoisotopic (exact) mass is 362 g/mol. The summed E-state index contributed by atoms with van der Waals surface area (Å²) < 4.78 is 38.6. The Morgan fingerprint density at radius 3 is 2.38 bits per heavy atom. The number of rotatable bonds is 3. The minimum Gasteiger partial charge on any atom is -0.314 e. The summed E-state index contributed by atoms with van der Waals surface area (Å²) in [6.45, 7) is 2.46. The van der Waals surface area contributed by atoms with Gasteiger partial charge in [-0.1, -0.05) is 35.3 Å². The molecule has 1 aliphatic heterocycles. The summed E-state index contributed by atoms with van der Waals surface area (Å²) >= 11 is 12.0. The van der Waals surface area contributed by atoms with Gasteiger partial charge in [-0.05, 0) is 11.6 Å². The molecule has 1 aromatic rings. The van der Waals surface area contributed by atoms with Gasteiger partial charge < -0.3 is 5.32 Å². The van der Waals surface area contributed by atoms with Gasteiger partial charge in [-0.25, -0.2) is 0 Å². The van der Waals surface area contributed by atoms with Gasteiger partial charge in [0.15, 0.2) is 0 Å². The molecule has 8 heteroatoms. The van der Waals surface area contributed by atoms with Crippen molar-refractivity contribution in [2.24, 2.45) is 0 Å². The van der Waals surface area contributed by atoms with Crippen molar-refractivity contribution >= 4 is 35.6 Å². The van der Waals surface area contributed by atoms with E-state index in [9.17, 15) is 13.2 Å². The van der Waals surface area contributed by atoms with Crippen molar-refractivity contribution in [3.05, 3.63) is 33.8 Å². The molecule has 0 bridgehead atoms. The van der Waals surface area contributed by atoms with Gasteiger partial charge in [-0.3, -0.25) is 4.90 Å². The van der Waals surface area contributed by atoms with Crippen molar-refractivity contribution in [1.82, 2.24) is 10.2 Å². The van der Waals surface area contributed by atoms with Gasteiger partial charge in [0.2, 0.25) is 0 Å². The lowest BCUT2D eigenvalue weighted by Gasteiger charge is -2.36. The van der Waals surface area contributed by atoms with E-state index in [2.05, 4.69) is 5.32 Å². The van der Waals surface area contributed by atoms with E-state index >= 15 is 0 Å². The van der Waals surface area contributed by atoms with E-state index < -0.39 is 18.6 Å². The highest BCUT2D eigenvalue weighted by atomic mass is 35.5. The van der Waals surface area contributed by atoms with Crippen LogP contribution in [0.5, 0.6) is 0 Å². The number of benzene rings is 1. The first-order valence-electron chi connectivity index (χ1n) is 6.34. The van der Waals surface area contributed by atoms with Crippen molar-refractivity contribution < 1.29 is 13.2 Å². The molecular formula is C13H16Cl3F3N2. The molecule has 120 valence electrons. The maximum atomic E-state index is 12.9. The molecule has 1 saturated heterocycles. The molecule has 2 rings (SSSR count). The molecule has 1 aliphatic rings. The largest absolute Gasteiger partial charge is 0.390 e. The van der Waals surface area contributed by atoms with Crippen molar-refractivity contribution in [2.75, 3.05) is 26.2 Å². The number of nitrogens with one attached hydrogen (secondary N) is 1. The molecular weight excluding hydrogens is 348 g/mol. The van der Waals surface area contributed by atoms with Crippen LogP contribution in [-0.4, -0.2) is 37.3 Å². The van der Waals surface area contributed by atoms with Gasteiger partial charge >= 0.3 is 6.18 Å². The maximum Gasteiger partial charge on any atom is 0.390 e. The first-order chi connectivity index (χ1) is 9.38. The molecule has 1 aromatic carbocycles. The Labute approximate surface area is 138 Å². The second kappa shape index (κ2) is 7.88. The first-order valence-corrected chi connectivity index (χ1v) is 7.09. The predicted octanol–water partition coefficient (Wildman–Crippen LogP) is 4.31. The van der Waals surface area contributed by atoms with Crippen LogP contribution < -0.4 is 5.32 Å². The minimum atomic E-state index is -4.25. The Balaban J connectivity index is 0.00000220. The highest BCUT2D eigenvalue weighted by molar-refractivity contribution is 6.42. The van der Waals surface area contributed by atoms with E-state index in [1.165, 1.54) is 0 Å². The molecule has 0 aliphatic carbocycles. The van der Waals surface area contributed by atoms with Gasteiger partial charge in [0.05, 0.1) is 16.5 Å². The molecule has 0 amide bonds. The fourth-order valence-corrected chi connectivity index (χ4v) is 2.86. The molecule has 0 spiro atoms. The van der Waals surface area contributed by atoms with Crippen LogP contribution in [0, 0.1) is 0 Å². The summed E-state index contributed by atoms with van der Waals surface area (Å²) in [6, 6.07) is 4.04. The Hall–Kier alpha value is -0.200. The van der Waals surface area contributed by atoms with E-state index in [1.54, 1.807) is 18.2 Å². The number of alkyl halides is 3. The Morgan fingerprint density at radius 1 is 1.19 bits per heavy atom. The number of hydrogen-bond acceptors (Lipinski definition) is 2. The van der Waals surface area contributed by atoms with E-state index in [1.807, 2.05) is 4.90 Å². The fraction of sp³-hybridized carbons (Fsp3) is 0.538. The van der Waals surface area contributed by atoms with Crippen LogP contribution in [0.3, 0.4) is 0 Å². The Kier molecular flexibility index (Phi) is 7.07. The number of hydrogen-bond donors (Lipinski definition) is 1. The summed E-state index contributed by atoms with van der Waals surface area (Å²) in [6.07, 6.45) is -5.17. The second-order valence-electron chi connectivity index (χ2n) is 4.76. The molecule has 21 heavy (non-hydrogen) atoms. The van der Waals surface area contributed by atoms with Gasteiger partial charge in [0.25, 0.3) is 0 Å². The van der Waals surface area contributed by atoms with E-state index in [0.717, 1.165) is 0 Å². The first kappa shape index (κ1) is 18.8. The molecule has 0 saturated carbocycles. The van der Waals surface area contributed by atoms with E-state index in [4.69, 9.17) is 23.2 Å². The van der Waals surface area contributed by atoms with Crippen molar-refractivity contribution in [3.63, 3.8) is 0 Å². The lowest BCUT2D eigenvalue weighted by molar-refractivity contribution is -0.148. The predicted molar refractivity (Wildman–Crippen MR) is 81.6 cm³/mol. The lowest BCUT2D eigenvalue weighted by Crippen LogP contribution is -2.46. The highest BCUT2D eigenvalue weighted by Gasteiger charge is 2.36. The van der Waals surface area contributed by atoms with Crippen LogP contribution in [0.4, 0.5) is 13.2 Å². The van der Waals surface area contributed by atoms with Crippen LogP contribution in [-0.2, 0) is 0 Å². The molecule has 2 nitrogen and oxygen atoms in total. The lowest BCUT2D eigenvalue weighted by atomic mass is 10.0. The average Bonchev–Trinajstić information content (AvgIpc) is 2.40. The number of nitrogens with zero attached hydrogens (tertiary/aromatic N) is 1. The van der Waals surface area contributed by atoms with Crippen LogP contribution in [0.2, 0.25) is 10.0 Å². The molecule has 0 radical (unpaired) electrons. The normalized spacial score (nSPS) is 18.1. The summed E-state index contributed by atoms with van der Waals surface area (Å²) in [5, 5.41) is 3.62. The van der Waals surface area contributed by atoms with Gasteiger partial charge in [0.1, 0.15) is 0 Å². The van der Waals surface area contributed by atoms with Gasteiger partial charge in [0, 0.05) is 32.2 Å². The number of halogens is 6. The third kappa shape index (κ3) is 5.18. The zero-order valence-electron chi connectivity index (χ0n) is 11.1. The SMILES string of the molecule is Cl.FC(F)(F)C[C@@H](c1cccc(Cl)c1Cl)N1CCNCC1. The molecule has 1 N–H and O–H groups in total. The topological polar surface area (TPSA) is 15.3 Å². The van der Waals surface area contributed by atoms with Gasteiger partial charge in [-0.2, -0.15) is 13.2 Å². The standard InChI is InChI=1S/C13H15Cl2F3N2.ClH/c14-10-3-1-2-9(12(10)15)11(8-13(16,17)18)20-6-4-19-5-7-20;/h1-3,11,19H,4-8H2;1H/t11-;/m0./s1. The highest BCUT2D eigenvalue weighted by Crippen LogP contribution is 2.39. The third-order valence-electron chi connectivity index (χ3n) is 3.36. The smallest absolute Gasteiger partial charge is 0.314 e. The maximum absolute atomic E-state index is 12.9. The van der Waals surface area contributed by atoms with E-state index in [0.29, 0.717) is 31.7 Å². The van der Waals surface area contributed by atoms with Crippen LogP contribution in [0.15, 0.2) is 18.2 Å². The summed E-state index contributed by atoms with van der Waals surface area (Å²) in [5.41, 5.74) is 0.443. The number of piperazine rings is 1. The summed E-state index contributed by atoms with van der Waals surface area (Å²) in [5.74, 6) is 0. The molecule has 1 atom stereocenters. The molecule has 0 aromatic heterocycles. The second-order valence-corrected chi connectivity index (χ2v) is 5.55. The zero-order chi connectivity index (χ0) is 14.8. The fourth-order valence-electron chi connectivity index (χ4n) is 2.43. The van der Waals surface area contributed by atoms with Crippen molar-refractivity contribution in [3.8, 4) is 0 Å². The minimum absolute atomic E-state index is 0. The molecule has 0 unspecified atom stereocenters. The van der Waals surface area contributed by atoms with Crippen LogP contribution >= 0.6 is 35.6 Å². The average molecular weight is 364 g/mol. The molecule has 1 fully saturated rings. The zero-order valence-corrected chi connectivity index (χ0v) is 13.4. The van der Waals surface area contributed by atoms with Crippen LogP contribution in [0.1, 0.15) is 18.0 Å². The Bertz CT molecular complexity index is 462. The van der Waals surface area contributed by atoms with Crippen LogP contribution in [0.25, 0.3) is 0 Å². The quantitative estimate of drug-likeness (QED) is 0.860. The molecule has 1 heterocycles. The van der Waals surface area contributed by atoms with Crippen molar-refractivity contribution in [1.29, 1.82) is 0 Å². The summed E-state index contributed by atoms with van der Waals surface area (Å²) in [4.78, 5) is 1.81. The summed E-state index contributed by atoms with van der Waals surface area (Å²) in [7, 11) is 0. The van der Waals surface area contributed by atoms with Gasteiger partial charge in [-0.15, -0.1) is 12.4 Å².